The summed E-state index contributed by atoms with van der Waals surface area (Å²) in [5.74, 6) is 0.431. The Kier molecular flexibility index (Phi) is 3.69. The van der Waals surface area contributed by atoms with Crippen LogP contribution in [-0.4, -0.2) is 26.1 Å². The normalized spacial score (nSPS) is 10.5. The summed E-state index contributed by atoms with van der Waals surface area (Å²) in [6, 6.07) is 3.57. The molecule has 3 aromatic rings. The van der Waals surface area contributed by atoms with Crippen molar-refractivity contribution in [2.75, 3.05) is 0 Å². The van der Waals surface area contributed by atoms with Gasteiger partial charge in [-0.2, -0.15) is 0 Å². The van der Waals surface area contributed by atoms with Crippen LogP contribution in [0.2, 0.25) is 0 Å². The Labute approximate surface area is 124 Å². The summed E-state index contributed by atoms with van der Waals surface area (Å²) in [4.78, 5) is 20.7. The van der Waals surface area contributed by atoms with Crippen molar-refractivity contribution in [1.82, 2.24) is 25.5 Å². The van der Waals surface area contributed by atoms with Crippen LogP contribution in [0.15, 0.2) is 34.3 Å². The second-order valence-corrected chi connectivity index (χ2v) is 5.15. The summed E-state index contributed by atoms with van der Waals surface area (Å²) in [5, 5.41) is 12.3. The first-order chi connectivity index (χ1) is 10.2. The zero-order chi connectivity index (χ0) is 14.7. The molecule has 3 aromatic heterocycles. The Morgan fingerprint density at radius 3 is 2.95 bits per heavy atom. The van der Waals surface area contributed by atoms with E-state index < -0.39 is 0 Å². The summed E-state index contributed by atoms with van der Waals surface area (Å²) in [6.07, 6.45) is 3.19. The number of thiophene rings is 1. The lowest BCUT2D eigenvalue weighted by molar-refractivity contribution is 0.0951. The van der Waals surface area contributed by atoms with Gasteiger partial charge in [0.1, 0.15) is 5.69 Å². The molecule has 21 heavy (non-hydrogen) atoms. The highest BCUT2D eigenvalue weighted by atomic mass is 32.1. The highest BCUT2D eigenvalue weighted by Gasteiger charge is 2.12. The van der Waals surface area contributed by atoms with Crippen LogP contribution in [0.5, 0.6) is 0 Å². The fraction of sp³-hybridized carbons (Fsp3) is 0.154. The molecule has 3 heterocycles. The lowest BCUT2D eigenvalue weighted by atomic mass is 10.4. The Bertz CT molecular complexity index is 736. The molecule has 0 unspecified atom stereocenters. The minimum Gasteiger partial charge on any atom is -0.417 e. The Hall–Kier alpha value is -2.61. The molecular weight excluding hydrogens is 290 g/mol. The monoisotopic (exact) mass is 301 g/mol. The summed E-state index contributed by atoms with van der Waals surface area (Å²) >= 11 is 1.37. The Balaban J connectivity index is 1.65. The molecule has 0 aliphatic carbocycles. The molecule has 0 fully saturated rings. The fourth-order valence-corrected chi connectivity index (χ4v) is 2.22. The lowest BCUT2D eigenvalue weighted by Crippen LogP contribution is -2.21. The van der Waals surface area contributed by atoms with E-state index in [1.807, 2.05) is 18.4 Å². The zero-order valence-corrected chi connectivity index (χ0v) is 11.9. The second-order valence-electron chi connectivity index (χ2n) is 4.20. The van der Waals surface area contributed by atoms with Crippen molar-refractivity contribution in [3.63, 3.8) is 0 Å². The number of nitrogens with one attached hydrogen (secondary N) is 1. The van der Waals surface area contributed by atoms with Crippen molar-refractivity contribution in [3.8, 4) is 11.6 Å². The number of rotatable bonds is 4. The van der Waals surface area contributed by atoms with Gasteiger partial charge in [0, 0.05) is 6.20 Å². The Morgan fingerprint density at radius 1 is 1.33 bits per heavy atom. The average molecular weight is 301 g/mol. The van der Waals surface area contributed by atoms with Crippen LogP contribution in [-0.2, 0) is 6.54 Å². The molecule has 8 heteroatoms. The van der Waals surface area contributed by atoms with Crippen LogP contribution in [0, 0.1) is 6.92 Å². The van der Waals surface area contributed by atoms with Gasteiger partial charge in [-0.15, -0.1) is 21.5 Å². The van der Waals surface area contributed by atoms with E-state index in [2.05, 4.69) is 25.5 Å². The first-order valence-corrected chi connectivity index (χ1v) is 7.03. The molecule has 106 valence electrons. The van der Waals surface area contributed by atoms with Gasteiger partial charge in [0.15, 0.2) is 0 Å². The number of aromatic nitrogens is 4. The number of hydrogen-bond donors (Lipinski definition) is 1. The van der Waals surface area contributed by atoms with Gasteiger partial charge >= 0.3 is 0 Å². The van der Waals surface area contributed by atoms with Crippen LogP contribution in [0.25, 0.3) is 11.6 Å². The van der Waals surface area contributed by atoms with Crippen molar-refractivity contribution in [3.05, 3.63) is 46.4 Å². The van der Waals surface area contributed by atoms with Crippen molar-refractivity contribution >= 4 is 17.2 Å². The second kappa shape index (κ2) is 5.80. The van der Waals surface area contributed by atoms with Crippen LogP contribution in [0.1, 0.15) is 21.3 Å². The molecule has 1 N–H and O–H groups in total. The molecule has 1 amide bonds. The van der Waals surface area contributed by atoms with Gasteiger partial charge < -0.3 is 9.73 Å². The molecule has 0 spiro atoms. The van der Waals surface area contributed by atoms with Crippen molar-refractivity contribution in [2.24, 2.45) is 0 Å². The predicted molar refractivity (Wildman–Crippen MR) is 75.6 cm³/mol. The number of carbonyl (C=O) groups is 1. The van der Waals surface area contributed by atoms with E-state index in [0.717, 1.165) is 5.69 Å². The third-order valence-electron chi connectivity index (χ3n) is 2.61. The number of nitrogens with zero attached hydrogens (tertiary/aromatic N) is 4. The average Bonchev–Trinajstić information content (AvgIpc) is 3.17. The maximum Gasteiger partial charge on any atom is 0.267 e. The molecular formula is C13H11N5O2S. The van der Waals surface area contributed by atoms with Gasteiger partial charge in [-0.3, -0.25) is 9.78 Å². The quantitative estimate of drug-likeness (QED) is 0.790. The molecule has 0 saturated carbocycles. The highest BCUT2D eigenvalue weighted by Crippen LogP contribution is 2.14. The molecule has 0 radical (unpaired) electrons. The molecule has 7 nitrogen and oxygen atoms in total. The topological polar surface area (TPSA) is 93.8 Å². The smallest absolute Gasteiger partial charge is 0.267 e. The molecule has 3 rings (SSSR count). The van der Waals surface area contributed by atoms with Gasteiger partial charge in [0.05, 0.1) is 23.3 Å². The van der Waals surface area contributed by atoms with Gasteiger partial charge in [-0.1, -0.05) is 6.07 Å². The van der Waals surface area contributed by atoms with E-state index in [0.29, 0.717) is 16.5 Å². The van der Waals surface area contributed by atoms with Gasteiger partial charge in [-0.25, -0.2) is 4.98 Å². The highest BCUT2D eigenvalue weighted by molar-refractivity contribution is 7.12. The molecule has 0 aliphatic rings. The van der Waals surface area contributed by atoms with Crippen molar-refractivity contribution in [2.45, 2.75) is 13.5 Å². The number of carbonyl (C=O) groups excluding carboxylic acids is 1. The summed E-state index contributed by atoms with van der Waals surface area (Å²) in [5.41, 5.74) is 1.31. The van der Waals surface area contributed by atoms with Crippen LogP contribution < -0.4 is 5.32 Å². The third kappa shape index (κ3) is 3.11. The number of hydrogen-bond acceptors (Lipinski definition) is 7. The van der Waals surface area contributed by atoms with E-state index in [9.17, 15) is 4.79 Å². The maximum absolute atomic E-state index is 11.8. The number of aryl methyl sites for hydroxylation is 1. The SMILES string of the molecule is Cc1cnc(-c2nnc(CNC(=O)c3cccs3)o2)cn1. The minimum absolute atomic E-state index is 0.167. The zero-order valence-electron chi connectivity index (χ0n) is 11.1. The van der Waals surface area contributed by atoms with Crippen molar-refractivity contribution in [1.29, 1.82) is 0 Å². The molecule has 0 aromatic carbocycles. The van der Waals surface area contributed by atoms with Gasteiger partial charge in [-0.05, 0) is 18.4 Å². The summed E-state index contributed by atoms with van der Waals surface area (Å²) < 4.78 is 5.44. The van der Waals surface area contributed by atoms with E-state index in [-0.39, 0.29) is 18.3 Å². The maximum atomic E-state index is 11.8. The molecule has 0 bridgehead atoms. The first kappa shape index (κ1) is 13.4. The third-order valence-corrected chi connectivity index (χ3v) is 3.48. The molecule has 0 aliphatic heterocycles. The van der Waals surface area contributed by atoms with Gasteiger partial charge in [0.2, 0.25) is 5.89 Å². The van der Waals surface area contributed by atoms with Crippen LogP contribution in [0.3, 0.4) is 0 Å². The van der Waals surface area contributed by atoms with E-state index in [1.165, 1.54) is 11.3 Å². The van der Waals surface area contributed by atoms with Crippen LogP contribution >= 0.6 is 11.3 Å². The predicted octanol–water partition coefficient (Wildman–Crippen LogP) is 1.83. The summed E-state index contributed by atoms with van der Waals surface area (Å²) in [6.45, 7) is 2.01. The first-order valence-electron chi connectivity index (χ1n) is 6.15. The largest absolute Gasteiger partial charge is 0.417 e. The van der Waals surface area contributed by atoms with E-state index in [1.54, 1.807) is 18.5 Å². The molecule has 0 atom stereocenters. The van der Waals surface area contributed by atoms with E-state index in [4.69, 9.17) is 4.42 Å². The Morgan fingerprint density at radius 2 is 2.24 bits per heavy atom. The lowest BCUT2D eigenvalue weighted by Gasteiger charge is -1.98. The van der Waals surface area contributed by atoms with Crippen molar-refractivity contribution < 1.29 is 9.21 Å². The minimum atomic E-state index is -0.167. The van der Waals surface area contributed by atoms with Crippen LogP contribution in [0.4, 0.5) is 0 Å². The van der Waals surface area contributed by atoms with E-state index >= 15 is 0 Å². The van der Waals surface area contributed by atoms with Gasteiger partial charge in [0.25, 0.3) is 11.8 Å². The standard InChI is InChI=1S/C13H11N5O2S/c1-8-5-15-9(6-14-8)13-18-17-11(20-13)7-16-12(19)10-3-2-4-21-10/h2-6H,7H2,1H3,(H,16,19). The molecule has 0 saturated heterocycles. The number of amides is 1. The summed E-state index contributed by atoms with van der Waals surface area (Å²) in [7, 11) is 0. The fourth-order valence-electron chi connectivity index (χ4n) is 1.58.